The number of pyridine rings is 1. The molecule has 7 heteroatoms. The highest BCUT2D eigenvalue weighted by Crippen LogP contribution is 2.20. The van der Waals surface area contributed by atoms with Gasteiger partial charge in [0.15, 0.2) is 0 Å². The van der Waals surface area contributed by atoms with Crippen LogP contribution in [0.25, 0.3) is 0 Å². The number of nitrogens with one attached hydrogen (secondary N) is 1. The zero-order valence-electron chi connectivity index (χ0n) is 11.6. The van der Waals surface area contributed by atoms with Gasteiger partial charge in [0.1, 0.15) is 11.0 Å². The Morgan fingerprint density at radius 3 is 2.73 bits per heavy atom. The molecule has 0 bridgehead atoms. The number of rotatable bonds is 4. The van der Waals surface area contributed by atoms with E-state index in [1.165, 1.54) is 18.2 Å². The minimum absolute atomic E-state index is 0.0251. The number of nitrogens with zero attached hydrogens (tertiary/aromatic N) is 1. The molecule has 2 aromatic rings. The Balaban J connectivity index is 2.02. The number of amides is 1. The molecule has 1 unspecified atom stereocenters. The number of aryl methyl sites for hydroxylation is 1. The summed E-state index contributed by atoms with van der Waals surface area (Å²) in [5, 5.41) is 12.8. The molecule has 0 spiro atoms. The molecule has 1 amide bonds. The average molecular weight is 343 g/mol. The zero-order chi connectivity index (χ0) is 16.3. The molecular formula is C15H13Cl2FN2O2. The van der Waals surface area contributed by atoms with Crippen molar-refractivity contribution in [2.75, 3.05) is 6.54 Å². The summed E-state index contributed by atoms with van der Waals surface area (Å²) in [7, 11) is 0. The van der Waals surface area contributed by atoms with E-state index in [1.807, 2.05) is 0 Å². The summed E-state index contributed by atoms with van der Waals surface area (Å²) < 4.78 is 13.3. The lowest BCUT2D eigenvalue weighted by Crippen LogP contribution is -2.29. The molecule has 0 radical (unpaired) electrons. The van der Waals surface area contributed by atoms with Crippen LogP contribution in [-0.4, -0.2) is 22.5 Å². The van der Waals surface area contributed by atoms with Crippen molar-refractivity contribution >= 4 is 29.1 Å². The zero-order valence-corrected chi connectivity index (χ0v) is 13.1. The Kier molecular flexibility index (Phi) is 5.34. The summed E-state index contributed by atoms with van der Waals surface area (Å²) in [6.07, 6.45) is -1.05. The largest absolute Gasteiger partial charge is 0.387 e. The standard InChI is InChI=1S/C15H13Cl2FN2O2/c1-8-10(3-5-14(17)20-8)15(22)19-7-13(21)9-2-4-11(16)12(18)6-9/h2-6,13,21H,7H2,1H3,(H,19,22). The molecule has 1 heterocycles. The molecule has 22 heavy (non-hydrogen) atoms. The number of aliphatic hydroxyl groups is 1. The summed E-state index contributed by atoms with van der Waals surface area (Å²) in [4.78, 5) is 16.0. The van der Waals surface area contributed by atoms with E-state index in [4.69, 9.17) is 23.2 Å². The molecule has 4 nitrogen and oxygen atoms in total. The van der Waals surface area contributed by atoms with Gasteiger partial charge in [0.05, 0.1) is 22.4 Å². The van der Waals surface area contributed by atoms with E-state index in [2.05, 4.69) is 10.3 Å². The van der Waals surface area contributed by atoms with Crippen molar-refractivity contribution in [1.82, 2.24) is 10.3 Å². The summed E-state index contributed by atoms with van der Waals surface area (Å²) in [6, 6.07) is 7.04. The Bertz CT molecular complexity index is 710. The molecule has 0 saturated carbocycles. The molecule has 0 aliphatic carbocycles. The van der Waals surface area contributed by atoms with Gasteiger partial charge in [-0.15, -0.1) is 0 Å². The summed E-state index contributed by atoms with van der Waals surface area (Å²) in [5.41, 5.74) is 1.17. The first-order valence-corrected chi connectivity index (χ1v) is 7.18. The lowest BCUT2D eigenvalue weighted by Gasteiger charge is -2.13. The fourth-order valence-corrected chi connectivity index (χ4v) is 2.20. The van der Waals surface area contributed by atoms with Crippen LogP contribution in [0, 0.1) is 12.7 Å². The van der Waals surface area contributed by atoms with Crippen molar-refractivity contribution < 1.29 is 14.3 Å². The van der Waals surface area contributed by atoms with Gasteiger partial charge in [0.25, 0.3) is 5.91 Å². The van der Waals surface area contributed by atoms with E-state index in [-0.39, 0.29) is 11.6 Å². The molecule has 116 valence electrons. The highest BCUT2D eigenvalue weighted by Gasteiger charge is 2.14. The van der Waals surface area contributed by atoms with E-state index in [0.29, 0.717) is 22.0 Å². The Morgan fingerprint density at radius 1 is 1.36 bits per heavy atom. The Hall–Kier alpha value is -1.69. The molecule has 1 aromatic carbocycles. The maximum Gasteiger partial charge on any atom is 0.253 e. The third-order valence-corrected chi connectivity index (χ3v) is 3.60. The predicted molar refractivity (Wildman–Crippen MR) is 82.7 cm³/mol. The van der Waals surface area contributed by atoms with Crippen molar-refractivity contribution in [3.63, 3.8) is 0 Å². The molecule has 0 aliphatic heterocycles. The van der Waals surface area contributed by atoms with Gasteiger partial charge in [-0.25, -0.2) is 9.37 Å². The first-order chi connectivity index (χ1) is 10.4. The second-order valence-electron chi connectivity index (χ2n) is 4.67. The maximum atomic E-state index is 13.3. The smallest absolute Gasteiger partial charge is 0.253 e. The van der Waals surface area contributed by atoms with Gasteiger partial charge in [-0.05, 0) is 36.8 Å². The van der Waals surface area contributed by atoms with Crippen LogP contribution in [0.4, 0.5) is 4.39 Å². The van der Waals surface area contributed by atoms with Crippen molar-refractivity contribution in [2.24, 2.45) is 0 Å². The quantitative estimate of drug-likeness (QED) is 0.838. The molecule has 1 aromatic heterocycles. The van der Waals surface area contributed by atoms with Crippen LogP contribution in [0.3, 0.4) is 0 Å². The summed E-state index contributed by atoms with van der Waals surface area (Å²) in [5.74, 6) is -1.02. The molecule has 0 fully saturated rings. The van der Waals surface area contributed by atoms with E-state index in [1.54, 1.807) is 13.0 Å². The number of carbonyl (C=O) groups excluding carboxylic acids is 1. The van der Waals surface area contributed by atoms with Crippen molar-refractivity contribution in [1.29, 1.82) is 0 Å². The van der Waals surface area contributed by atoms with Crippen molar-refractivity contribution in [3.05, 3.63) is 63.1 Å². The molecule has 2 N–H and O–H groups in total. The van der Waals surface area contributed by atoms with Gasteiger partial charge in [-0.3, -0.25) is 4.79 Å². The maximum absolute atomic E-state index is 13.3. The monoisotopic (exact) mass is 342 g/mol. The van der Waals surface area contributed by atoms with Gasteiger partial charge in [-0.1, -0.05) is 29.3 Å². The second kappa shape index (κ2) is 7.05. The fraction of sp³-hybridized carbons (Fsp3) is 0.200. The van der Waals surface area contributed by atoms with Gasteiger partial charge in [0.2, 0.25) is 0 Å². The molecule has 1 atom stereocenters. The Labute approximate surface area is 136 Å². The lowest BCUT2D eigenvalue weighted by atomic mass is 10.1. The molecule has 0 saturated heterocycles. The molecular weight excluding hydrogens is 330 g/mol. The number of carbonyl (C=O) groups is 1. The number of aliphatic hydroxyl groups excluding tert-OH is 1. The molecule has 0 aliphatic rings. The van der Waals surface area contributed by atoms with Gasteiger partial charge < -0.3 is 10.4 Å². The lowest BCUT2D eigenvalue weighted by molar-refractivity contribution is 0.0915. The third-order valence-electron chi connectivity index (χ3n) is 3.08. The van der Waals surface area contributed by atoms with Crippen LogP contribution in [0.5, 0.6) is 0 Å². The minimum atomic E-state index is -1.05. The van der Waals surface area contributed by atoms with Crippen LogP contribution in [0.1, 0.15) is 27.7 Å². The summed E-state index contributed by atoms with van der Waals surface area (Å²) in [6.45, 7) is 1.59. The fourth-order valence-electron chi connectivity index (χ4n) is 1.89. The van der Waals surface area contributed by atoms with Gasteiger partial charge in [0, 0.05) is 6.54 Å². The average Bonchev–Trinajstić information content (AvgIpc) is 2.47. The van der Waals surface area contributed by atoms with Crippen LogP contribution in [0.15, 0.2) is 30.3 Å². The van der Waals surface area contributed by atoms with Gasteiger partial charge in [-0.2, -0.15) is 0 Å². The van der Waals surface area contributed by atoms with E-state index >= 15 is 0 Å². The highest BCUT2D eigenvalue weighted by atomic mass is 35.5. The predicted octanol–water partition coefficient (Wildman–Crippen LogP) is 3.30. The first kappa shape index (κ1) is 16.7. The van der Waals surface area contributed by atoms with Crippen LogP contribution < -0.4 is 5.32 Å². The van der Waals surface area contributed by atoms with Crippen LogP contribution >= 0.6 is 23.2 Å². The normalized spacial score (nSPS) is 12.0. The van der Waals surface area contributed by atoms with Crippen LogP contribution in [0.2, 0.25) is 10.2 Å². The molecule has 2 rings (SSSR count). The number of aromatic nitrogens is 1. The highest BCUT2D eigenvalue weighted by molar-refractivity contribution is 6.30. The topological polar surface area (TPSA) is 62.2 Å². The number of hydrogen-bond acceptors (Lipinski definition) is 3. The minimum Gasteiger partial charge on any atom is -0.387 e. The van der Waals surface area contributed by atoms with Gasteiger partial charge >= 0.3 is 0 Å². The SMILES string of the molecule is Cc1nc(Cl)ccc1C(=O)NCC(O)c1ccc(Cl)c(F)c1. The van der Waals surface area contributed by atoms with E-state index < -0.39 is 17.8 Å². The van der Waals surface area contributed by atoms with E-state index in [9.17, 15) is 14.3 Å². The van der Waals surface area contributed by atoms with Crippen LogP contribution in [-0.2, 0) is 0 Å². The third kappa shape index (κ3) is 3.94. The Morgan fingerprint density at radius 2 is 2.09 bits per heavy atom. The number of benzene rings is 1. The van der Waals surface area contributed by atoms with Crippen molar-refractivity contribution in [2.45, 2.75) is 13.0 Å². The second-order valence-corrected chi connectivity index (χ2v) is 5.46. The number of halogens is 3. The summed E-state index contributed by atoms with van der Waals surface area (Å²) >= 11 is 11.3. The number of hydrogen-bond donors (Lipinski definition) is 2. The van der Waals surface area contributed by atoms with Crippen molar-refractivity contribution in [3.8, 4) is 0 Å². The first-order valence-electron chi connectivity index (χ1n) is 6.43. The van der Waals surface area contributed by atoms with E-state index in [0.717, 1.165) is 6.07 Å².